The van der Waals surface area contributed by atoms with Gasteiger partial charge in [0.1, 0.15) is 28.8 Å². The third kappa shape index (κ3) is 4.21. The third-order valence-corrected chi connectivity index (χ3v) is 5.06. The van der Waals surface area contributed by atoms with Crippen LogP contribution in [-0.2, 0) is 0 Å². The van der Waals surface area contributed by atoms with Crippen molar-refractivity contribution in [3.63, 3.8) is 0 Å². The largest absolute Gasteiger partial charge is 0.497 e. The molecular formula is C19H18F2N2O3S. The second-order valence-electron chi connectivity index (χ2n) is 5.72. The lowest BCUT2D eigenvalue weighted by molar-refractivity contribution is 0.0844. The number of carbonyl (C=O) groups excluding carboxylic acids is 1. The van der Waals surface area contributed by atoms with Crippen molar-refractivity contribution in [3.05, 3.63) is 53.6 Å². The summed E-state index contributed by atoms with van der Waals surface area (Å²) in [5.41, 5.74) is 0.308. The zero-order valence-corrected chi connectivity index (χ0v) is 15.7. The van der Waals surface area contributed by atoms with Crippen molar-refractivity contribution in [2.24, 2.45) is 4.99 Å². The number of amides is 1. The fourth-order valence-electron chi connectivity index (χ4n) is 2.64. The second-order valence-corrected chi connectivity index (χ2v) is 6.78. The van der Waals surface area contributed by atoms with Crippen molar-refractivity contribution in [2.75, 3.05) is 26.5 Å². The molecule has 5 nitrogen and oxygen atoms in total. The lowest BCUT2D eigenvalue weighted by Gasteiger charge is -2.28. The summed E-state index contributed by atoms with van der Waals surface area (Å²) in [6, 6.07) is 8.07. The predicted octanol–water partition coefficient (Wildman–Crippen LogP) is 4.25. The molecule has 2 aromatic carbocycles. The number of carbonyl (C=O) groups is 1. The van der Waals surface area contributed by atoms with Crippen LogP contribution in [0.5, 0.6) is 11.5 Å². The Bertz CT molecular complexity index is 889. The Labute approximate surface area is 160 Å². The van der Waals surface area contributed by atoms with E-state index in [1.807, 2.05) is 0 Å². The zero-order chi connectivity index (χ0) is 19.4. The summed E-state index contributed by atoms with van der Waals surface area (Å²) >= 11 is 1.39. The van der Waals surface area contributed by atoms with Crippen LogP contribution in [0.1, 0.15) is 16.8 Å². The van der Waals surface area contributed by atoms with Gasteiger partial charge in [0.05, 0.1) is 19.8 Å². The van der Waals surface area contributed by atoms with Gasteiger partial charge in [-0.1, -0.05) is 11.8 Å². The molecule has 2 aromatic rings. The molecule has 0 saturated carbocycles. The van der Waals surface area contributed by atoms with Crippen molar-refractivity contribution < 1.29 is 23.0 Å². The molecule has 1 fully saturated rings. The van der Waals surface area contributed by atoms with Gasteiger partial charge in [0.25, 0.3) is 5.91 Å². The van der Waals surface area contributed by atoms with Gasteiger partial charge in [-0.3, -0.25) is 9.69 Å². The second kappa shape index (κ2) is 8.39. The molecule has 142 valence electrons. The van der Waals surface area contributed by atoms with Crippen molar-refractivity contribution in [1.82, 2.24) is 4.90 Å². The number of nitrogens with zero attached hydrogens (tertiary/aromatic N) is 2. The monoisotopic (exact) mass is 392 g/mol. The van der Waals surface area contributed by atoms with Gasteiger partial charge in [-0.2, -0.15) is 0 Å². The van der Waals surface area contributed by atoms with Crippen molar-refractivity contribution >= 4 is 28.5 Å². The minimum absolute atomic E-state index is 0.191. The summed E-state index contributed by atoms with van der Waals surface area (Å²) in [7, 11) is 3.07. The summed E-state index contributed by atoms with van der Waals surface area (Å²) in [4.78, 5) is 18.8. The number of amidine groups is 1. The first kappa shape index (κ1) is 19.2. The summed E-state index contributed by atoms with van der Waals surface area (Å²) in [5.74, 6) is -0.282. The molecule has 1 aliphatic rings. The average molecular weight is 392 g/mol. The number of benzene rings is 2. The highest BCUT2D eigenvalue weighted by molar-refractivity contribution is 8.13. The van der Waals surface area contributed by atoms with Crippen LogP contribution >= 0.6 is 11.8 Å². The van der Waals surface area contributed by atoms with Crippen LogP contribution in [0.25, 0.3) is 0 Å². The van der Waals surface area contributed by atoms with E-state index in [1.54, 1.807) is 25.3 Å². The van der Waals surface area contributed by atoms with E-state index < -0.39 is 17.5 Å². The maximum Gasteiger partial charge on any atom is 0.262 e. The molecule has 0 radical (unpaired) electrons. The molecule has 1 aliphatic heterocycles. The van der Waals surface area contributed by atoms with Crippen molar-refractivity contribution in [1.29, 1.82) is 0 Å². The van der Waals surface area contributed by atoms with Crippen LogP contribution in [0.15, 0.2) is 41.4 Å². The summed E-state index contributed by atoms with van der Waals surface area (Å²) < 4.78 is 37.7. The molecule has 0 aliphatic carbocycles. The maximum absolute atomic E-state index is 14.1. The number of methoxy groups -OCH3 is 2. The van der Waals surface area contributed by atoms with Gasteiger partial charge in [-0.25, -0.2) is 13.8 Å². The molecule has 8 heteroatoms. The molecule has 3 rings (SSSR count). The van der Waals surface area contributed by atoms with E-state index in [0.717, 1.165) is 24.3 Å². The number of ether oxygens (including phenoxy) is 2. The minimum atomic E-state index is -0.895. The van der Waals surface area contributed by atoms with Crippen LogP contribution in [0, 0.1) is 11.6 Å². The van der Waals surface area contributed by atoms with Crippen LogP contribution in [0.2, 0.25) is 0 Å². The average Bonchev–Trinajstić information content (AvgIpc) is 2.68. The number of thioether (sulfide) groups is 1. The van der Waals surface area contributed by atoms with E-state index in [9.17, 15) is 13.6 Å². The van der Waals surface area contributed by atoms with Crippen molar-refractivity contribution in [2.45, 2.75) is 6.42 Å². The van der Waals surface area contributed by atoms with Gasteiger partial charge in [-0.15, -0.1) is 0 Å². The van der Waals surface area contributed by atoms with Crippen LogP contribution in [0.4, 0.5) is 14.5 Å². The number of hydrogen-bond acceptors (Lipinski definition) is 5. The van der Waals surface area contributed by atoms with Gasteiger partial charge in [0.2, 0.25) is 0 Å². The highest BCUT2D eigenvalue weighted by Gasteiger charge is 2.27. The molecule has 27 heavy (non-hydrogen) atoms. The third-order valence-electron chi connectivity index (χ3n) is 4.00. The first-order valence-corrected chi connectivity index (χ1v) is 9.22. The summed E-state index contributed by atoms with van der Waals surface area (Å²) in [6.07, 6.45) is 0.744. The molecule has 0 aromatic heterocycles. The van der Waals surface area contributed by atoms with Crippen LogP contribution in [-0.4, -0.2) is 42.5 Å². The Balaban J connectivity index is 1.98. The van der Waals surface area contributed by atoms with Crippen molar-refractivity contribution in [3.8, 4) is 11.5 Å². The topological polar surface area (TPSA) is 51.1 Å². The SMILES string of the molecule is COc1ccc(OC)c(N=C2SCCCN2C(=O)c2ccc(F)cc2F)c1. The molecule has 0 unspecified atom stereocenters. The minimum Gasteiger partial charge on any atom is -0.497 e. The molecule has 0 N–H and O–H groups in total. The molecule has 0 atom stereocenters. The molecule has 0 spiro atoms. The molecule has 1 amide bonds. The molecule has 0 bridgehead atoms. The standard InChI is InChI=1S/C19H18F2N2O3S/c1-25-13-5-7-17(26-2)16(11-13)22-19-23(8-3-9-27-19)18(24)14-6-4-12(20)10-15(14)21/h4-7,10-11H,3,8-9H2,1-2H3. The Hall–Kier alpha value is -2.61. The van der Waals surface area contributed by atoms with E-state index in [-0.39, 0.29) is 5.56 Å². The normalized spacial score (nSPS) is 15.7. The molecular weight excluding hydrogens is 374 g/mol. The van der Waals surface area contributed by atoms with E-state index in [1.165, 1.54) is 23.8 Å². The number of rotatable bonds is 4. The fourth-order valence-corrected chi connectivity index (χ4v) is 3.59. The van der Waals surface area contributed by atoms with Gasteiger partial charge >= 0.3 is 0 Å². The van der Waals surface area contributed by atoms with Gasteiger partial charge in [0, 0.05) is 24.4 Å². The summed E-state index contributed by atoms with van der Waals surface area (Å²) in [5, 5.41) is 0.432. The quantitative estimate of drug-likeness (QED) is 0.781. The smallest absolute Gasteiger partial charge is 0.262 e. The van der Waals surface area contributed by atoms with Gasteiger partial charge < -0.3 is 9.47 Å². The Morgan fingerprint density at radius 2 is 1.96 bits per heavy atom. The van der Waals surface area contributed by atoms with E-state index in [0.29, 0.717) is 35.0 Å². The summed E-state index contributed by atoms with van der Waals surface area (Å²) in [6.45, 7) is 0.397. The van der Waals surface area contributed by atoms with Gasteiger partial charge in [0.15, 0.2) is 5.17 Å². The predicted molar refractivity (Wildman–Crippen MR) is 101 cm³/mol. The van der Waals surface area contributed by atoms with E-state index in [2.05, 4.69) is 4.99 Å². The highest BCUT2D eigenvalue weighted by atomic mass is 32.2. The maximum atomic E-state index is 14.1. The Kier molecular flexibility index (Phi) is 5.95. The van der Waals surface area contributed by atoms with Crippen LogP contribution < -0.4 is 9.47 Å². The first-order chi connectivity index (χ1) is 13.0. The first-order valence-electron chi connectivity index (χ1n) is 8.24. The van der Waals surface area contributed by atoms with Gasteiger partial charge in [-0.05, 0) is 30.7 Å². The Morgan fingerprint density at radius 3 is 2.67 bits per heavy atom. The molecule has 1 heterocycles. The molecule has 1 saturated heterocycles. The fraction of sp³-hybridized carbons (Fsp3) is 0.263. The Morgan fingerprint density at radius 1 is 1.15 bits per heavy atom. The highest BCUT2D eigenvalue weighted by Crippen LogP contribution is 2.34. The number of hydrogen-bond donors (Lipinski definition) is 0. The lowest BCUT2D eigenvalue weighted by atomic mass is 10.2. The van der Waals surface area contributed by atoms with Crippen LogP contribution in [0.3, 0.4) is 0 Å². The van der Waals surface area contributed by atoms with E-state index in [4.69, 9.17) is 9.47 Å². The number of aliphatic imine (C=N–C) groups is 1. The zero-order valence-electron chi connectivity index (χ0n) is 14.9. The van der Waals surface area contributed by atoms with E-state index >= 15 is 0 Å². The number of halogens is 2. The lowest BCUT2D eigenvalue weighted by Crippen LogP contribution is -2.39.